The van der Waals surface area contributed by atoms with Crippen molar-refractivity contribution >= 4 is 34.2 Å². The molecule has 0 N–H and O–H groups in total. The molecule has 1 heterocycles. The van der Waals surface area contributed by atoms with Crippen LogP contribution in [0.5, 0.6) is 0 Å². The van der Waals surface area contributed by atoms with E-state index >= 15 is 0 Å². The molecular weight excluding hydrogens is 274 g/mol. The molecule has 0 atom stereocenters. The Kier molecular flexibility index (Phi) is 3.45. The molecule has 1 aromatic heterocycles. The molecule has 11 heavy (non-hydrogen) atoms. The molecule has 1 rings (SSSR count). The molecule has 0 aliphatic heterocycles. The smallest absolute Gasteiger partial charge is 0.217 e. The molecule has 0 aliphatic rings. The van der Waals surface area contributed by atoms with Crippen LogP contribution in [-0.4, -0.2) is 15.0 Å². The van der Waals surface area contributed by atoms with Gasteiger partial charge in [-0.3, -0.25) is 0 Å². The maximum atomic E-state index is 5.64. The highest BCUT2D eigenvalue weighted by molar-refractivity contribution is 14.1. The van der Waals surface area contributed by atoms with Crippen molar-refractivity contribution in [2.45, 2.75) is 17.8 Å². The van der Waals surface area contributed by atoms with Gasteiger partial charge in [0.05, 0.1) is 4.43 Å². The first kappa shape index (κ1) is 9.12. The summed E-state index contributed by atoms with van der Waals surface area (Å²) in [6.45, 7) is 1.99. The number of aryl methyl sites for hydroxylation is 1. The van der Waals surface area contributed by atoms with Crippen LogP contribution >= 0.6 is 34.2 Å². The van der Waals surface area contributed by atoms with Crippen LogP contribution in [0.25, 0.3) is 0 Å². The van der Waals surface area contributed by atoms with Crippen molar-refractivity contribution in [2.75, 3.05) is 0 Å². The third kappa shape index (κ3) is 2.52. The standard InChI is InChI=1S/C6H7ClIN3/c1-2-4-9-5(3-8)11-6(7)10-4/h2-3H2,1H3/i8-2. The summed E-state index contributed by atoms with van der Waals surface area (Å²) in [5, 5.41) is 0.295. The second kappa shape index (κ2) is 4.15. The van der Waals surface area contributed by atoms with E-state index in [4.69, 9.17) is 11.6 Å². The molecule has 0 saturated carbocycles. The lowest BCUT2D eigenvalue weighted by molar-refractivity contribution is 0.861. The number of aromatic nitrogens is 3. The molecular formula is C6H7ClIN3. The molecule has 0 unspecified atom stereocenters. The Morgan fingerprint density at radius 1 is 1.27 bits per heavy atom. The van der Waals surface area contributed by atoms with Gasteiger partial charge in [0.1, 0.15) is 11.6 Å². The van der Waals surface area contributed by atoms with E-state index in [1.54, 1.807) is 0 Å². The van der Waals surface area contributed by atoms with Gasteiger partial charge in [-0.1, -0.05) is 29.5 Å². The second-order valence-electron chi connectivity index (χ2n) is 1.92. The van der Waals surface area contributed by atoms with Crippen LogP contribution in [0.3, 0.4) is 0 Å². The second-order valence-corrected chi connectivity index (χ2v) is 3.02. The van der Waals surface area contributed by atoms with Crippen molar-refractivity contribution in [3.8, 4) is 0 Å². The van der Waals surface area contributed by atoms with Crippen molar-refractivity contribution < 1.29 is 0 Å². The summed E-state index contributed by atoms with van der Waals surface area (Å²) in [6.07, 6.45) is 0.798. The maximum absolute atomic E-state index is 5.64. The summed E-state index contributed by atoms with van der Waals surface area (Å²) in [5.74, 6) is 1.51. The Labute approximate surface area is 83.8 Å². The minimum Gasteiger partial charge on any atom is -0.217 e. The number of rotatable bonds is 2. The van der Waals surface area contributed by atoms with Crippen LogP contribution in [-0.2, 0) is 10.8 Å². The predicted molar refractivity (Wildman–Crippen MR) is 51.9 cm³/mol. The SMILES string of the molecule is CCc1nc(Cl)nc(C[125I])n1. The first-order chi connectivity index (χ1) is 5.26. The average Bonchev–Trinajstić information content (AvgIpc) is 2.03. The topological polar surface area (TPSA) is 38.7 Å². The van der Waals surface area contributed by atoms with E-state index in [1.807, 2.05) is 6.92 Å². The lowest BCUT2D eigenvalue weighted by Crippen LogP contribution is -2.00. The minimum atomic E-state index is 0.295. The van der Waals surface area contributed by atoms with Gasteiger partial charge in [0.25, 0.3) is 0 Å². The van der Waals surface area contributed by atoms with E-state index in [0.717, 1.165) is 22.5 Å². The van der Waals surface area contributed by atoms with Crippen molar-refractivity contribution in [2.24, 2.45) is 0 Å². The monoisotopic (exact) mass is 281 g/mol. The van der Waals surface area contributed by atoms with Gasteiger partial charge < -0.3 is 0 Å². The Bertz CT molecular complexity index is 231. The van der Waals surface area contributed by atoms with E-state index in [2.05, 4.69) is 37.5 Å². The normalized spacial score (nSPS) is 10.1. The van der Waals surface area contributed by atoms with Gasteiger partial charge in [0.2, 0.25) is 5.28 Å². The van der Waals surface area contributed by atoms with E-state index in [-0.39, 0.29) is 0 Å². The fourth-order valence-corrected chi connectivity index (χ4v) is 1.19. The van der Waals surface area contributed by atoms with Gasteiger partial charge in [-0.2, -0.15) is 0 Å². The summed E-state index contributed by atoms with van der Waals surface area (Å²) in [6, 6.07) is 0. The number of nitrogens with zero attached hydrogens (tertiary/aromatic N) is 3. The average molecular weight is 282 g/mol. The Hall–Kier alpha value is 0.0300. The Morgan fingerprint density at radius 2 is 1.91 bits per heavy atom. The van der Waals surface area contributed by atoms with Crippen LogP contribution in [0.4, 0.5) is 0 Å². The van der Waals surface area contributed by atoms with Crippen LogP contribution in [0, 0.1) is 0 Å². The molecule has 0 aliphatic carbocycles. The van der Waals surface area contributed by atoms with Crippen LogP contribution < -0.4 is 0 Å². The first-order valence-electron chi connectivity index (χ1n) is 3.21. The molecule has 0 amide bonds. The zero-order chi connectivity index (χ0) is 8.27. The highest BCUT2D eigenvalue weighted by Gasteiger charge is 2.00. The fourth-order valence-electron chi connectivity index (χ4n) is 0.655. The lowest BCUT2D eigenvalue weighted by atomic mass is 10.4. The molecule has 0 aromatic carbocycles. The van der Waals surface area contributed by atoms with Gasteiger partial charge in [0.15, 0.2) is 0 Å². The number of hydrogen-bond acceptors (Lipinski definition) is 3. The van der Waals surface area contributed by atoms with Gasteiger partial charge in [-0.15, -0.1) is 0 Å². The van der Waals surface area contributed by atoms with Crippen LogP contribution in [0.15, 0.2) is 0 Å². The van der Waals surface area contributed by atoms with E-state index in [0.29, 0.717) is 5.28 Å². The third-order valence-corrected chi connectivity index (χ3v) is 1.99. The molecule has 0 spiro atoms. The number of halogens is 2. The van der Waals surface area contributed by atoms with Gasteiger partial charge in [0, 0.05) is 6.42 Å². The molecule has 0 bridgehead atoms. The maximum Gasteiger partial charge on any atom is 0.225 e. The molecule has 0 radical (unpaired) electrons. The fraction of sp³-hybridized carbons (Fsp3) is 0.500. The molecule has 3 nitrogen and oxygen atoms in total. The quantitative estimate of drug-likeness (QED) is 0.615. The summed E-state index contributed by atoms with van der Waals surface area (Å²) >= 11 is 7.83. The zero-order valence-corrected chi connectivity index (χ0v) is 8.93. The highest BCUT2D eigenvalue weighted by Crippen LogP contribution is 2.05. The zero-order valence-electron chi connectivity index (χ0n) is 6.01. The Morgan fingerprint density at radius 3 is 2.45 bits per heavy atom. The van der Waals surface area contributed by atoms with Gasteiger partial charge in [-0.05, 0) is 11.6 Å². The minimum absolute atomic E-state index is 0.295. The van der Waals surface area contributed by atoms with E-state index < -0.39 is 0 Å². The van der Waals surface area contributed by atoms with E-state index in [9.17, 15) is 0 Å². The molecule has 5 heteroatoms. The predicted octanol–water partition coefficient (Wildman–Crippen LogP) is 2.02. The van der Waals surface area contributed by atoms with Crippen molar-refractivity contribution in [1.82, 2.24) is 15.0 Å². The molecule has 60 valence electrons. The van der Waals surface area contributed by atoms with Crippen molar-refractivity contribution in [3.05, 3.63) is 16.9 Å². The van der Waals surface area contributed by atoms with Crippen LogP contribution in [0.2, 0.25) is 5.28 Å². The Balaban J connectivity index is 3.02. The first-order valence-corrected chi connectivity index (χ1v) is 5.12. The summed E-state index contributed by atoms with van der Waals surface area (Å²) < 4.78 is 0.771. The lowest BCUT2D eigenvalue weighted by Gasteiger charge is -1.97. The third-order valence-electron chi connectivity index (χ3n) is 1.14. The number of alkyl halides is 1. The van der Waals surface area contributed by atoms with E-state index in [1.165, 1.54) is 0 Å². The summed E-state index contributed by atoms with van der Waals surface area (Å²) in [5.41, 5.74) is 0. The highest BCUT2D eigenvalue weighted by atomic mass is 125. The van der Waals surface area contributed by atoms with Gasteiger partial charge >= 0.3 is 0 Å². The largest absolute Gasteiger partial charge is 0.225 e. The van der Waals surface area contributed by atoms with Crippen molar-refractivity contribution in [3.63, 3.8) is 0 Å². The molecule has 1 aromatic rings. The van der Waals surface area contributed by atoms with Crippen LogP contribution in [0.1, 0.15) is 18.6 Å². The molecule has 0 saturated heterocycles. The summed E-state index contributed by atoms with van der Waals surface area (Å²) in [7, 11) is 0. The number of hydrogen-bond donors (Lipinski definition) is 0. The van der Waals surface area contributed by atoms with Crippen molar-refractivity contribution in [1.29, 1.82) is 0 Å². The van der Waals surface area contributed by atoms with Gasteiger partial charge in [-0.25, -0.2) is 15.0 Å². The summed E-state index contributed by atoms with van der Waals surface area (Å²) in [4.78, 5) is 12.0. The molecule has 0 fully saturated rings.